The SMILES string of the molecule is Cc1cnc(C(NN)c2ccc3c(c2)OCCO3)cn1. The molecule has 1 aliphatic rings. The molecule has 0 radical (unpaired) electrons. The summed E-state index contributed by atoms with van der Waals surface area (Å²) in [6.45, 7) is 3.03. The fourth-order valence-corrected chi connectivity index (χ4v) is 2.14. The molecule has 104 valence electrons. The van der Waals surface area contributed by atoms with Crippen LogP contribution < -0.4 is 20.7 Å². The summed E-state index contributed by atoms with van der Waals surface area (Å²) in [6, 6.07) is 5.51. The van der Waals surface area contributed by atoms with Crippen LogP contribution >= 0.6 is 0 Å². The van der Waals surface area contributed by atoms with Crippen LogP contribution in [0.2, 0.25) is 0 Å². The van der Waals surface area contributed by atoms with Crippen molar-refractivity contribution in [2.75, 3.05) is 13.2 Å². The minimum atomic E-state index is -0.237. The molecule has 0 saturated carbocycles. The molecule has 0 saturated heterocycles. The standard InChI is InChI=1S/C14H16N4O2/c1-9-7-17-11(8-16-9)14(18-15)10-2-3-12-13(6-10)20-5-4-19-12/h2-3,6-8,14,18H,4-5,15H2,1H3. The first-order chi connectivity index (χ1) is 9.78. The molecule has 0 amide bonds. The highest BCUT2D eigenvalue weighted by Crippen LogP contribution is 2.33. The number of hydrogen-bond donors (Lipinski definition) is 2. The molecule has 6 nitrogen and oxygen atoms in total. The quantitative estimate of drug-likeness (QED) is 0.643. The second-order valence-corrected chi connectivity index (χ2v) is 4.59. The molecule has 0 fully saturated rings. The van der Waals surface area contributed by atoms with Crippen LogP contribution in [0.1, 0.15) is 23.0 Å². The van der Waals surface area contributed by atoms with E-state index in [0.717, 1.165) is 28.5 Å². The van der Waals surface area contributed by atoms with Crippen molar-refractivity contribution >= 4 is 0 Å². The molecule has 2 heterocycles. The molecule has 0 spiro atoms. The lowest BCUT2D eigenvalue weighted by Crippen LogP contribution is -2.29. The first kappa shape index (κ1) is 12.8. The molecule has 0 aliphatic carbocycles. The van der Waals surface area contributed by atoms with E-state index in [1.165, 1.54) is 0 Å². The Morgan fingerprint density at radius 3 is 2.65 bits per heavy atom. The number of aromatic nitrogens is 2. The first-order valence-corrected chi connectivity index (χ1v) is 6.42. The van der Waals surface area contributed by atoms with Crippen molar-refractivity contribution in [3.05, 3.63) is 47.5 Å². The van der Waals surface area contributed by atoms with Gasteiger partial charge >= 0.3 is 0 Å². The van der Waals surface area contributed by atoms with Crippen LogP contribution in [0, 0.1) is 6.92 Å². The van der Waals surface area contributed by atoms with E-state index in [0.29, 0.717) is 13.2 Å². The van der Waals surface area contributed by atoms with Gasteiger partial charge in [-0.25, -0.2) is 5.43 Å². The summed E-state index contributed by atoms with van der Waals surface area (Å²) in [7, 11) is 0. The van der Waals surface area contributed by atoms with E-state index in [2.05, 4.69) is 15.4 Å². The van der Waals surface area contributed by atoms with Gasteiger partial charge in [-0.3, -0.25) is 15.8 Å². The number of nitrogens with one attached hydrogen (secondary N) is 1. The second-order valence-electron chi connectivity index (χ2n) is 4.59. The molecule has 20 heavy (non-hydrogen) atoms. The van der Waals surface area contributed by atoms with Crippen LogP contribution in [0.4, 0.5) is 0 Å². The van der Waals surface area contributed by atoms with E-state index >= 15 is 0 Å². The minimum absolute atomic E-state index is 0.237. The van der Waals surface area contributed by atoms with E-state index in [1.54, 1.807) is 12.4 Å². The maximum atomic E-state index is 5.66. The van der Waals surface area contributed by atoms with Gasteiger partial charge in [-0.15, -0.1) is 0 Å². The smallest absolute Gasteiger partial charge is 0.161 e. The van der Waals surface area contributed by atoms with Crippen LogP contribution in [0.5, 0.6) is 11.5 Å². The molecule has 3 N–H and O–H groups in total. The van der Waals surface area contributed by atoms with Crippen molar-refractivity contribution in [1.82, 2.24) is 15.4 Å². The topological polar surface area (TPSA) is 82.3 Å². The van der Waals surface area contributed by atoms with Crippen molar-refractivity contribution in [2.45, 2.75) is 13.0 Å². The van der Waals surface area contributed by atoms with Gasteiger partial charge in [-0.2, -0.15) is 0 Å². The summed E-state index contributed by atoms with van der Waals surface area (Å²) in [4.78, 5) is 8.61. The summed E-state index contributed by atoms with van der Waals surface area (Å²) in [5.74, 6) is 7.15. The first-order valence-electron chi connectivity index (χ1n) is 6.42. The third-order valence-electron chi connectivity index (χ3n) is 3.16. The summed E-state index contributed by atoms with van der Waals surface area (Å²) >= 11 is 0. The lowest BCUT2D eigenvalue weighted by Gasteiger charge is -2.21. The van der Waals surface area contributed by atoms with E-state index in [9.17, 15) is 0 Å². The number of hydrogen-bond acceptors (Lipinski definition) is 6. The number of nitrogens with two attached hydrogens (primary N) is 1. The number of rotatable bonds is 3. The monoisotopic (exact) mass is 272 g/mol. The molecule has 1 unspecified atom stereocenters. The van der Waals surface area contributed by atoms with Gasteiger partial charge in [0.05, 0.1) is 23.6 Å². The molecule has 1 atom stereocenters. The number of ether oxygens (including phenoxy) is 2. The molecule has 2 aromatic rings. The zero-order valence-corrected chi connectivity index (χ0v) is 11.2. The maximum Gasteiger partial charge on any atom is 0.161 e. The van der Waals surface area contributed by atoms with Gasteiger partial charge in [0.25, 0.3) is 0 Å². The predicted molar refractivity (Wildman–Crippen MR) is 73.4 cm³/mol. The van der Waals surface area contributed by atoms with E-state index < -0.39 is 0 Å². The number of hydrazine groups is 1. The predicted octanol–water partition coefficient (Wildman–Crippen LogP) is 1.11. The summed E-state index contributed by atoms with van der Waals surface area (Å²) in [6.07, 6.45) is 3.44. The van der Waals surface area contributed by atoms with Crippen molar-refractivity contribution < 1.29 is 9.47 Å². The number of benzene rings is 1. The third kappa shape index (κ3) is 2.43. The van der Waals surface area contributed by atoms with E-state index in [-0.39, 0.29) is 6.04 Å². The van der Waals surface area contributed by atoms with Crippen molar-refractivity contribution in [3.63, 3.8) is 0 Å². The van der Waals surface area contributed by atoms with Gasteiger partial charge in [0.1, 0.15) is 13.2 Å². The zero-order valence-electron chi connectivity index (χ0n) is 11.2. The average molecular weight is 272 g/mol. The number of aryl methyl sites for hydroxylation is 1. The molecule has 1 aromatic carbocycles. The highest BCUT2D eigenvalue weighted by Gasteiger charge is 2.18. The Balaban J connectivity index is 1.94. The Bertz CT molecular complexity index is 601. The van der Waals surface area contributed by atoms with Crippen LogP contribution in [-0.4, -0.2) is 23.2 Å². The Labute approximate surface area is 116 Å². The molecule has 6 heteroatoms. The Kier molecular flexibility index (Phi) is 3.49. The van der Waals surface area contributed by atoms with Crippen LogP contribution in [0.3, 0.4) is 0 Å². The molecular weight excluding hydrogens is 256 g/mol. The third-order valence-corrected chi connectivity index (χ3v) is 3.16. The molecule has 3 rings (SSSR count). The normalized spacial score (nSPS) is 14.9. The van der Waals surface area contributed by atoms with Crippen molar-refractivity contribution in [1.29, 1.82) is 0 Å². The highest BCUT2D eigenvalue weighted by molar-refractivity contribution is 5.45. The Morgan fingerprint density at radius 1 is 1.15 bits per heavy atom. The van der Waals surface area contributed by atoms with Crippen LogP contribution in [-0.2, 0) is 0 Å². The number of nitrogens with zero attached hydrogens (tertiary/aromatic N) is 2. The second kappa shape index (κ2) is 5.44. The van der Waals surface area contributed by atoms with Gasteiger partial charge in [-0.05, 0) is 24.6 Å². The van der Waals surface area contributed by atoms with E-state index in [1.807, 2.05) is 25.1 Å². The van der Waals surface area contributed by atoms with Crippen LogP contribution in [0.15, 0.2) is 30.6 Å². The molecular formula is C14H16N4O2. The fraction of sp³-hybridized carbons (Fsp3) is 0.286. The lowest BCUT2D eigenvalue weighted by molar-refractivity contribution is 0.171. The lowest BCUT2D eigenvalue weighted by atomic mass is 10.0. The van der Waals surface area contributed by atoms with Gasteiger partial charge < -0.3 is 9.47 Å². The summed E-state index contributed by atoms with van der Waals surface area (Å²) < 4.78 is 11.1. The molecule has 1 aliphatic heterocycles. The van der Waals surface area contributed by atoms with Crippen molar-refractivity contribution in [2.24, 2.45) is 5.84 Å². The molecule has 0 bridgehead atoms. The van der Waals surface area contributed by atoms with Crippen molar-refractivity contribution in [3.8, 4) is 11.5 Å². The zero-order chi connectivity index (χ0) is 13.9. The van der Waals surface area contributed by atoms with Gasteiger partial charge in [-0.1, -0.05) is 6.07 Å². The summed E-state index contributed by atoms with van der Waals surface area (Å²) in [5.41, 5.74) is 5.34. The maximum absolute atomic E-state index is 5.66. The van der Waals surface area contributed by atoms with E-state index in [4.69, 9.17) is 15.3 Å². The highest BCUT2D eigenvalue weighted by atomic mass is 16.6. The van der Waals surface area contributed by atoms with Gasteiger partial charge in [0.2, 0.25) is 0 Å². The number of fused-ring (bicyclic) bond motifs is 1. The van der Waals surface area contributed by atoms with Gasteiger partial charge in [0, 0.05) is 6.20 Å². The minimum Gasteiger partial charge on any atom is -0.486 e. The van der Waals surface area contributed by atoms with Gasteiger partial charge in [0.15, 0.2) is 11.5 Å². The average Bonchev–Trinajstić information content (AvgIpc) is 2.50. The summed E-state index contributed by atoms with van der Waals surface area (Å²) in [5, 5.41) is 0. The Morgan fingerprint density at radius 2 is 1.95 bits per heavy atom. The molecule has 1 aromatic heterocycles. The fourth-order valence-electron chi connectivity index (χ4n) is 2.14. The Hall–Kier alpha value is -2.18. The van der Waals surface area contributed by atoms with Crippen LogP contribution in [0.25, 0.3) is 0 Å². The largest absolute Gasteiger partial charge is 0.486 e.